The smallest absolute Gasteiger partial charge is 0.253 e. The minimum absolute atomic E-state index is 0.115. The molecule has 0 amide bonds. The molecular weight excluding hydrogens is 328 g/mol. The number of rotatable bonds is 6. The number of nitrogens with one attached hydrogen (secondary N) is 2. The first kappa shape index (κ1) is 17.9. The van der Waals surface area contributed by atoms with E-state index in [0.29, 0.717) is 29.5 Å². The number of aromatic nitrogens is 1. The molecule has 0 aliphatic carbocycles. The summed E-state index contributed by atoms with van der Waals surface area (Å²) in [6.45, 7) is 4.78. The lowest BCUT2D eigenvalue weighted by atomic mass is 10.0. The number of fused-ring (bicyclic) bond motifs is 1. The zero-order chi connectivity index (χ0) is 18.7. The largest absolute Gasteiger partial charge is 0.493 e. The molecule has 0 bridgehead atoms. The van der Waals surface area contributed by atoms with E-state index < -0.39 is 0 Å². The Balaban J connectivity index is 1.85. The topological polar surface area (TPSA) is 63.3 Å². The van der Waals surface area contributed by atoms with Crippen LogP contribution in [-0.4, -0.2) is 19.2 Å². The molecule has 0 atom stereocenters. The van der Waals surface area contributed by atoms with E-state index in [1.807, 2.05) is 24.3 Å². The van der Waals surface area contributed by atoms with Gasteiger partial charge in [-0.1, -0.05) is 26.0 Å². The van der Waals surface area contributed by atoms with Crippen molar-refractivity contribution in [3.63, 3.8) is 0 Å². The van der Waals surface area contributed by atoms with E-state index in [1.54, 1.807) is 20.3 Å². The molecule has 0 unspecified atom stereocenters. The molecule has 5 heteroatoms. The Kier molecular flexibility index (Phi) is 5.16. The van der Waals surface area contributed by atoms with E-state index in [2.05, 4.69) is 36.3 Å². The first-order chi connectivity index (χ1) is 12.5. The number of H-pyrrole nitrogens is 1. The normalized spacial score (nSPS) is 11.0. The summed E-state index contributed by atoms with van der Waals surface area (Å²) in [6, 6.07) is 13.8. The fourth-order valence-corrected chi connectivity index (χ4v) is 2.89. The van der Waals surface area contributed by atoms with Gasteiger partial charge in [-0.2, -0.15) is 0 Å². The van der Waals surface area contributed by atoms with E-state index >= 15 is 0 Å². The molecule has 2 aromatic carbocycles. The Bertz CT molecular complexity index is 959. The average Bonchev–Trinajstić information content (AvgIpc) is 2.65. The number of methoxy groups -OCH3 is 2. The van der Waals surface area contributed by atoms with E-state index in [-0.39, 0.29) is 5.56 Å². The number of anilines is 1. The SMILES string of the molecule is COc1cc2cc(CNc3ccc(C(C)C)cc3)c(=O)[nH]c2cc1OC. The summed E-state index contributed by atoms with van der Waals surface area (Å²) in [4.78, 5) is 15.3. The molecule has 0 aliphatic rings. The Morgan fingerprint density at radius 3 is 2.27 bits per heavy atom. The van der Waals surface area contributed by atoms with Crippen molar-refractivity contribution in [2.24, 2.45) is 0 Å². The van der Waals surface area contributed by atoms with Crippen LogP contribution in [0, 0.1) is 0 Å². The van der Waals surface area contributed by atoms with Crippen molar-refractivity contribution >= 4 is 16.6 Å². The third kappa shape index (κ3) is 3.67. The van der Waals surface area contributed by atoms with E-state index in [0.717, 1.165) is 16.6 Å². The number of hydrogen-bond acceptors (Lipinski definition) is 4. The van der Waals surface area contributed by atoms with Crippen LogP contribution in [0.15, 0.2) is 47.3 Å². The summed E-state index contributed by atoms with van der Waals surface area (Å²) in [6.07, 6.45) is 0. The highest BCUT2D eigenvalue weighted by Gasteiger charge is 2.09. The second kappa shape index (κ2) is 7.52. The maximum atomic E-state index is 12.4. The van der Waals surface area contributed by atoms with Crippen LogP contribution in [0.2, 0.25) is 0 Å². The third-order valence-corrected chi connectivity index (χ3v) is 4.49. The molecule has 3 aromatic rings. The van der Waals surface area contributed by atoms with Crippen LogP contribution in [0.25, 0.3) is 10.9 Å². The molecular formula is C21H24N2O3. The molecule has 1 aromatic heterocycles. The van der Waals surface area contributed by atoms with Crippen molar-refractivity contribution in [3.8, 4) is 11.5 Å². The summed E-state index contributed by atoms with van der Waals surface area (Å²) in [5.74, 6) is 1.72. The monoisotopic (exact) mass is 352 g/mol. The van der Waals surface area contributed by atoms with Crippen LogP contribution in [0.4, 0.5) is 5.69 Å². The summed E-state index contributed by atoms with van der Waals surface area (Å²) in [5.41, 5.74) is 3.55. The van der Waals surface area contributed by atoms with Gasteiger partial charge in [-0.05, 0) is 35.7 Å². The van der Waals surface area contributed by atoms with E-state index in [9.17, 15) is 4.79 Å². The zero-order valence-corrected chi connectivity index (χ0v) is 15.6. The van der Waals surface area contributed by atoms with Gasteiger partial charge in [0.05, 0.1) is 19.7 Å². The third-order valence-electron chi connectivity index (χ3n) is 4.49. The van der Waals surface area contributed by atoms with Crippen LogP contribution >= 0.6 is 0 Å². The van der Waals surface area contributed by atoms with Crippen LogP contribution in [0.1, 0.15) is 30.9 Å². The fraction of sp³-hybridized carbons (Fsp3) is 0.286. The number of ether oxygens (including phenoxy) is 2. The van der Waals surface area contributed by atoms with Gasteiger partial charge in [0, 0.05) is 29.2 Å². The number of hydrogen-bond donors (Lipinski definition) is 2. The van der Waals surface area contributed by atoms with Gasteiger partial charge < -0.3 is 19.8 Å². The molecule has 0 saturated carbocycles. The molecule has 0 aliphatic heterocycles. The van der Waals surface area contributed by atoms with Gasteiger partial charge in [-0.25, -0.2) is 0 Å². The summed E-state index contributed by atoms with van der Waals surface area (Å²) in [5, 5.41) is 4.21. The molecule has 26 heavy (non-hydrogen) atoms. The van der Waals surface area contributed by atoms with Crippen LogP contribution in [0.3, 0.4) is 0 Å². The maximum absolute atomic E-state index is 12.4. The lowest BCUT2D eigenvalue weighted by Gasteiger charge is -2.11. The van der Waals surface area contributed by atoms with Gasteiger partial charge in [-0.3, -0.25) is 4.79 Å². The standard InChI is InChI=1S/C21H24N2O3/c1-13(2)14-5-7-17(8-6-14)22-12-16-9-15-10-19(25-3)20(26-4)11-18(15)23-21(16)24/h5-11,13,22H,12H2,1-4H3,(H,23,24). The fourth-order valence-electron chi connectivity index (χ4n) is 2.89. The second-order valence-corrected chi connectivity index (χ2v) is 6.55. The Morgan fingerprint density at radius 2 is 1.65 bits per heavy atom. The van der Waals surface area contributed by atoms with Crippen LogP contribution in [-0.2, 0) is 6.54 Å². The molecule has 0 radical (unpaired) electrons. The molecule has 2 N–H and O–H groups in total. The highest BCUT2D eigenvalue weighted by atomic mass is 16.5. The predicted molar refractivity (Wildman–Crippen MR) is 106 cm³/mol. The highest BCUT2D eigenvalue weighted by molar-refractivity contribution is 5.83. The van der Waals surface area contributed by atoms with E-state index in [4.69, 9.17) is 9.47 Å². The zero-order valence-electron chi connectivity index (χ0n) is 15.6. The molecule has 136 valence electrons. The van der Waals surface area contributed by atoms with Crippen molar-refractivity contribution in [1.29, 1.82) is 0 Å². The Morgan fingerprint density at radius 1 is 1.00 bits per heavy atom. The second-order valence-electron chi connectivity index (χ2n) is 6.55. The lowest BCUT2D eigenvalue weighted by molar-refractivity contribution is 0.356. The molecule has 0 saturated heterocycles. The minimum atomic E-state index is -0.115. The number of pyridine rings is 1. The molecule has 0 fully saturated rings. The quantitative estimate of drug-likeness (QED) is 0.695. The van der Waals surface area contributed by atoms with Crippen LogP contribution in [0.5, 0.6) is 11.5 Å². The van der Waals surface area contributed by atoms with E-state index in [1.165, 1.54) is 5.56 Å². The maximum Gasteiger partial charge on any atom is 0.253 e. The summed E-state index contributed by atoms with van der Waals surface area (Å²) < 4.78 is 10.6. The first-order valence-corrected chi connectivity index (χ1v) is 8.63. The van der Waals surface area contributed by atoms with Gasteiger partial charge in [0.1, 0.15) is 0 Å². The summed E-state index contributed by atoms with van der Waals surface area (Å²) >= 11 is 0. The predicted octanol–water partition coefficient (Wildman–Crippen LogP) is 4.28. The lowest BCUT2D eigenvalue weighted by Crippen LogP contribution is -2.15. The van der Waals surface area contributed by atoms with Gasteiger partial charge in [0.25, 0.3) is 5.56 Å². The molecule has 5 nitrogen and oxygen atoms in total. The van der Waals surface area contributed by atoms with Crippen molar-refractivity contribution in [2.75, 3.05) is 19.5 Å². The van der Waals surface area contributed by atoms with Crippen molar-refractivity contribution < 1.29 is 9.47 Å². The first-order valence-electron chi connectivity index (χ1n) is 8.63. The minimum Gasteiger partial charge on any atom is -0.493 e. The van der Waals surface area contributed by atoms with Crippen LogP contribution < -0.4 is 20.3 Å². The van der Waals surface area contributed by atoms with Crippen molar-refractivity contribution in [1.82, 2.24) is 4.98 Å². The number of aromatic amines is 1. The highest BCUT2D eigenvalue weighted by Crippen LogP contribution is 2.31. The molecule has 3 rings (SSSR count). The van der Waals surface area contributed by atoms with Gasteiger partial charge in [0.15, 0.2) is 11.5 Å². The summed E-state index contributed by atoms with van der Waals surface area (Å²) in [7, 11) is 3.17. The molecule has 0 spiro atoms. The van der Waals surface area contributed by atoms with Gasteiger partial charge in [0.2, 0.25) is 0 Å². The average molecular weight is 352 g/mol. The molecule has 1 heterocycles. The van der Waals surface area contributed by atoms with Crippen molar-refractivity contribution in [2.45, 2.75) is 26.3 Å². The van der Waals surface area contributed by atoms with Gasteiger partial charge >= 0.3 is 0 Å². The Hall–Kier alpha value is -2.95. The Labute approximate surface area is 153 Å². The van der Waals surface area contributed by atoms with Crippen molar-refractivity contribution in [3.05, 3.63) is 63.9 Å². The van der Waals surface area contributed by atoms with Gasteiger partial charge in [-0.15, -0.1) is 0 Å². The number of benzene rings is 2.